The first-order chi connectivity index (χ1) is 8.63. The maximum absolute atomic E-state index is 11.7. The lowest BCUT2D eigenvalue weighted by Gasteiger charge is -2.12. The van der Waals surface area contributed by atoms with Crippen molar-refractivity contribution in [2.45, 2.75) is 26.0 Å². The maximum atomic E-state index is 11.7. The van der Waals surface area contributed by atoms with Crippen molar-refractivity contribution in [2.75, 3.05) is 6.61 Å². The van der Waals surface area contributed by atoms with E-state index in [1.54, 1.807) is 25.1 Å². The van der Waals surface area contributed by atoms with E-state index in [0.717, 1.165) is 12.0 Å². The minimum absolute atomic E-state index is 0.117. The van der Waals surface area contributed by atoms with E-state index >= 15 is 0 Å². The van der Waals surface area contributed by atoms with Gasteiger partial charge >= 0.3 is 0 Å². The van der Waals surface area contributed by atoms with Crippen LogP contribution in [-0.2, 0) is 16.1 Å². The first kappa shape index (κ1) is 14.7. The van der Waals surface area contributed by atoms with Gasteiger partial charge in [0.25, 0.3) is 0 Å². The molecule has 98 valence electrons. The standard InChI is InChI=1S/C14H18ClNO2/c1-3-4-9-18-11(2)14(17)16-10-12-5-7-13(15)8-6-12/h3,5-8,11H,1,4,9-10H2,2H3,(H,16,17)/t11-/m0/s1. The Balaban J connectivity index is 2.31. The van der Waals surface area contributed by atoms with Crippen LogP contribution in [0.4, 0.5) is 0 Å². The van der Waals surface area contributed by atoms with Gasteiger partial charge in [0, 0.05) is 11.6 Å². The Kier molecular flexibility index (Phi) is 6.47. The van der Waals surface area contributed by atoms with Gasteiger partial charge in [0.05, 0.1) is 6.61 Å². The predicted octanol–water partition coefficient (Wildman–Crippen LogP) is 2.94. The van der Waals surface area contributed by atoms with Crippen LogP contribution < -0.4 is 5.32 Å². The van der Waals surface area contributed by atoms with Gasteiger partial charge in [-0.2, -0.15) is 0 Å². The highest BCUT2D eigenvalue weighted by Crippen LogP contribution is 2.09. The minimum atomic E-state index is -0.447. The number of ether oxygens (including phenoxy) is 1. The predicted molar refractivity (Wildman–Crippen MR) is 73.5 cm³/mol. The molecule has 0 radical (unpaired) electrons. The van der Waals surface area contributed by atoms with E-state index in [0.29, 0.717) is 18.2 Å². The van der Waals surface area contributed by atoms with Gasteiger partial charge in [0.2, 0.25) is 5.91 Å². The third kappa shape index (κ3) is 5.34. The van der Waals surface area contributed by atoms with Gasteiger partial charge < -0.3 is 10.1 Å². The van der Waals surface area contributed by atoms with Crippen molar-refractivity contribution in [1.82, 2.24) is 5.32 Å². The Bertz CT molecular complexity index is 389. The first-order valence-corrected chi connectivity index (χ1v) is 6.26. The number of benzene rings is 1. The van der Waals surface area contributed by atoms with E-state index in [2.05, 4.69) is 11.9 Å². The van der Waals surface area contributed by atoms with Gasteiger partial charge in [-0.3, -0.25) is 4.79 Å². The normalized spacial score (nSPS) is 11.9. The molecule has 0 saturated carbocycles. The lowest BCUT2D eigenvalue weighted by Crippen LogP contribution is -2.34. The summed E-state index contributed by atoms with van der Waals surface area (Å²) in [5.74, 6) is -0.117. The van der Waals surface area contributed by atoms with Gasteiger partial charge in [-0.05, 0) is 31.0 Å². The van der Waals surface area contributed by atoms with Gasteiger partial charge in [-0.1, -0.05) is 29.8 Å². The molecular formula is C14H18ClNO2. The van der Waals surface area contributed by atoms with Crippen molar-refractivity contribution >= 4 is 17.5 Å². The lowest BCUT2D eigenvalue weighted by atomic mass is 10.2. The monoisotopic (exact) mass is 267 g/mol. The Morgan fingerprint density at radius 3 is 2.78 bits per heavy atom. The zero-order valence-electron chi connectivity index (χ0n) is 10.5. The SMILES string of the molecule is C=CCCO[C@@H](C)C(=O)NCc1ccc(Cl)cc1. The molecule has 0 spiro atoms. The second-order valence-corrected chi connectivity index (χ2v) is 4.37. The Morgan fingerprint density at radius 1 is 1.50 bits per heavy atom. The molecular weight excluding hydrogens is 250 g/mol. The molecule has 0 aliphatic carbocycles. The number of nitrogens with one attached hydrogen (secondary N) is 1. The molecule has 0 fully saturated rings. The zero-order chi connectivity index (χ0) is 13.4. The fraction of sp³-hybridized carbons (Fsp3) is 0.357. The van der Waals surface area contributed by atoms with E-state index < -0.39 is 6.10 Å². The highest BCUT2D eigenvalue weighted by molar-refractivity contribution is 6.30. The molecule has 0 aliphatic heterocycles. The molecule has 1 aromatic rings. The lowest BCUT2D eigenvalue weighted by molar-refractivity contribution is -0.131. The number of hydrogen-bond donors (Lipinski definition) is 1. The minimum Gasteiger partial charge on any atom is -0.368 e. The van der Waals surface area contributed by atoms with Crippen molar-refractivity contribution < 1.29 is 9.53 Å². The largest absolute Gasteiger partial charge is 0.368 e. The number of carbonyl (C=O) groups is 1. The summed E-state index contributed by atoms with van der Waals surface area (Å²) in [4.78, 5) is 11.7. The van der Waals surface area contributed by atoms with Gasteiger partial charge in [-0.25, -0.2) is 0 Å². The molecule has 1 aromatic carbocycles. The van der Waals surface area contributed by atoms with Crippen LogP contribution >= 0.6 is 11.6 Å². The molecule has 1 N–H and O–H groups in total. The maximum Gasteiger partial charge on any atom is 0.249 e. The van der Waals surface area contributed by atoms with E-state index in [-0.39, 0.29) is 5.91 Å². The van der Waals surface area contributed by atoms with E-state index in [9.17, 15) is 4.79 Å². The summed E-state index contributed by atoms with van der Waals surface area (Å²) in [7, 11) is 0. The molecule has 0 aliphatic rings. The van der Waals surface area contributed by atoms with Crippen LogP contribution in [0, 0.1) is 0 Å². The fourth-order valence-electron chi connectivity index (χ4n) is 1.34. The highest BCUT2D eigenvalue weighted by atomic mass is 35.5. The Labute approximate surface area is 113 Å². The molecule has 0 heterocycles. The molecule has 0 unspecified atom stereocenters. The van der Waals surface area contributed by atoms with E-state index in [1.165, 1.54) is 0 Å². The van der Waals surface area contributed by atoms with Crippen molar-refractivity contribution in [3.63, 3.8) is 0 Å². The molecule has 0 saturated heterocycles. The van der Waals surface area contributed by atoms with Crippen molar-refractivity contribution in [2.24, 2.45) is 0 Å². The molecule has 0 aromatic heterocycles. The summed E-state index contributed by atoms with van der Waals surface area (Å²) >= 11 is 5.78. The topological polar surface area (TPSA) is 38.3 Å². The molecule has 18 heavy (non-hydrogen) atoms. The second kappa shape index (κ2) is 7.90. The van der Waals surface area contributed by atoms with Crippen molar-refractivity contribution in [3.8, 4) is 0 Å². The molecule has 0 bridgehead atoms. The van der Waals surface area contributed by atoms with Crippen LogP contribution in [0.25, 0.3) is 0 Å². The summed E-state index contributed by atoms with van der Waals surface area (Å²) < 4.78 is 5.35. The smallest absolute Gasteiger partial charge is 0.249 e. The molecule has 1 atom stereocenters. The van der Waals surface area contributed by atoms with Crippen molar-refractivity contribution in [1.29, 1.82) is 0 Å². The zero-order valence-corrected chi connectivity index (χ0v) is 11.2. The van der Waals surface area contributed by atoms with Gasteiger partial charge in [-0.15, -0.1) is 6.58 Å². The number of amides is 1. The van der Waals surface area contributed by atoms with Crippen LogP contribution in [0.15, 0.2) is 36.9 Å². The first-order valence-electron chi connectivity index (χ1n) is 5.88. The number of halogens is 1. The summed E-state index contributed by atoms with van der Waals surface area (Å²) in [6.07, 6.45) is 2.06. The van der Waals surface area contributed by atoms with E-state index in [1.807, 2.05) is 12.1 Å². The second-order valence-electron chi connectivity index (χ2n) is 3.93. The summed E-state index contributed by atoms with van der Waals surface area (Å²) in [6.45, 7) is 6.32. The van der Waals surface area contributed by atoms with Crippen LogP contribution in [0.3, 0.4) is 0 Å². The summed E-state index contributed by atoms with van der Waals surface area (Å²) in [5.41, 5.74) is 1.01. The third-order valence-corrected chi connectivity index (χ3v) is 2.69. The van der Waals surface area contributed by atoms with Gasteiger partial charge in [0.1, 0.15) is 6.10 Å². The Morgan fingerprint density at radius 2 is 2.17 bits per heavy atom. The summed E-state index contributed by atoms with van der Waals surface area (Å²) in [5, 5.41) is 3.50. The van der Waals surface area contributed by atoms with Crippen LogP contribution in [0.5, 0.6) is 0 Å². The van der Waals surface area contributed by atoms with Crippen LogP contribution in [0.2, 0.25) is 5.02 Å². The number of hydrogen-bond acceptors (Lipinski definition) is 2. The fourth-order valence-corrected chi connectivity index (χ4v) is 1.46. The Hall–Kier alpha value is -1.32. The molecule has 3 nitrogen and oxygen atoms in total. The summed E-state index contributed by atoms with van der Waals surface area (Å²) in [6, 6.07) is 7.36. The molecule has 1 rings (SSSR count). The highest BCUT2D eigenvalue weighted by Gasteiger charge is 2.11. The average molecular weight is 268 g/mol. The number of carbonyl (C=O) groups excluding carboxylic acids is 1. The van der Waals surface area contributed by atoms with Gasteiger partial charge in [0.15, 0.2) is 0 Å². The average Bonchev–Trinajstić information content (AvgIpc) is 2.38. The third-order valence-electron chi connectivity index (χ3n) is 2.44. The molecule has 4 heteroatoms. The van der Waals surface area contributed by atoms with Crippen LogP contribution in [-0.4, -0.2) is 18.6 Å². The van der Waals surface area contributed by atoms with E-state index in [4.69, 9.17) is 16.3 Å². The van der Waals surface area contributed by atoms with Crippen LogP contribution in [0.1, 0.15) is 18.9 Å². The molecule has 1 amide bonds. The quantitative estimate of drug-likeness (QED) is 0.609. The van der Waals surface area contributed by atoms with Crippen molar-refractivity contribution in [3.05, 3.63) is 47.5 Å². The number of rotatable bonds is 7.